The van der Waals surface area contributed by atoms with Gasteiger partial charge in [-0.15, -0.1) is 0 Å². The predicted octanol–water partition coefficient (Wildman–Crippen LogP) is -0.452. The highest BCUT2D eigenvalue weighted by atomic mass is 32.2. The van der Waals surface area contributed by atoms with E-state index in [9.17, 15) is 24.6 Å². The second-order valence-corrected chi connectivity index (χ2v) is 7.13. The minimum Gasteiger partial charge on any atom is -0.480 e. The monoisotopic (exact) mass is 363 g/mol. The summed E-state index contributed by atoms with van der Waals surface area (Å²) in [4.78, 5) is 35.5. The van der Waals surface area contributed by atoms with E-state index in [0.29, 0.717) is 12.2 Å². The Morgan fingerprint density at radius 2 is 1.71 bits per heavy atom. The Balaban J connectivity index is 4.88. The number of nitrogens with two attached hydrogens (primary N) is 1. The third-order valence-electron chi connectivity index (χ3n) is 3.35. The number of nitrogens with one attached hydrogen (secondary N) is 2. The highest BCUT2D eigenvalue weighted by molar-refractivity contribution is 7.98. The first-order valence-corrected chi connectivity index (χ1v) is 9.25. The van der Waals surface area contributed by atoms with Crippen LogP contribution in [0.25, 0.3) is 0 Å². The van der Waals surface area contributed by atoms with Gasteiger partial charge >= 0.3 is 5.97 Å². The summed E-state index contributed by atoms with van der Waals surface area (Å²) in [7, 11) is 0. The van der Waals surface area contributed by atoms with Crippen LogP contribution in [0.4, 0.5) is 0 Å². The minimum atomic E-state index is -1.26. The molecule has 0 aliphatic heterocycles. The lowest BCUT2D eigenvalue weighted by atomic mass is 10.0. The number of hydrogen-bond acceptors (Lipinski definition) is 6. The fourth-order valence-electron chi connectivity index (χ4n) is 2.00. The molecule has 0 saturated carbocycles. The lowest BCUT2D eigenvalue weighted by Gasteiger charge is -2.25. The predicted molar refractivity (Wildman–Crippen MR) is 93.6 cm³/mol. The molecule has 2 amide bonds. The van der Waals surface area contributed by atoms with Crippen LogP contribution in [0.5, 0.6) is 0 Å². The van der Waals surface area contributed by atoms with E-state index in [1.54, 1.807) is 11.8 Å². The van der Waals surface area contributed by atoms with E-state index < -0.39 is 42.0 Å². The number of aliphatic hydroxyl groups excluding tert-OH is 1. The fraction of sp³-hybridized carbons (Fsp3) is 0.800. The van der Waals surface area contributed by atoms with Crippen LogP contribution in [0.15, 0.2) is 0 Å². The van der Waals surface area contributed by atoms with Gasteiger partial charge in [0.05, 0.1) is 12.1 Å². The van der Waals surface area contributed by atoms with Crippen LogP contribution in [0, 0.1) is 5.92 Å². The van der Waals surface area contributed by atoms with Crippen LogP contribution in [0.2, 0.25) is 0 Å². The van der Waals surface area contributed by atoms with Gasteiger partial charge in [0, 0.05) is 0 Å². The highest BCUT2D eigenvalue weighted by Gasteiger charge is 2.31. The molecule has 0 radical (unpaired) electrons. The second kappa shape index (κ2) is 11.3. The van der Waals surface area contributed by atoms with E-state index in [-0.39, 0.29) is 12.3 Å². The number of thioether (sulfide) groups is 1. The van der Waals surface area contributed by atoms with E-state index >= 15 is 0 Å². The number of hydrogen-bond donors (Lipinski definition) is 5. The standard InChI is InChI=1S/C15H29N3O5S/c1-8(2)7-11(15(22)23)17-14(21)12(9(3)19)18-13(20)10(16)5-6-24-4/h8-12,19H,5-7,16H2,1-4H3,(H,17,21)(H,18,20)(H,22,23)/t9-,10+,11+,12+/m1/s1. The van der Waals surface area contributed by atoms with Gasteiger partial charge in [0.15, 0.2) is 0 Å². The van der Waals surface area contributed by atoms with Crippen LogP contribution >= 0.6 is 11.8 Å². The van der Waals surface area contributed by atoms with Gasteiger partial charge in [-0.25, -0.2) is 4.79 Å². The van der Waals surface area contributed by atoms with Crippen LogP contribution in [0.3, 0.4) is 0 Å². The number of carboxylic acid groups (broad SMARTS) is 1. The molecule has 0 aromatic carbocycles. The number of rotatable bonds is 11. The van der Waals surface area contributed by atoms with E-state index in [0.717, 1.165) is 0 Å². The van der Waals surface area contributed by atoms with Crippen molar-refractivity contribution >= 4 is 29.5 Å². The molecule has 0 rings (SSSR count). The number of aliphatic hydroxyl groups is 1. The largest absolute Gasteiger partial charge is 0.480 e. The van der Waals surface area contributed by atoms with Crippen LogP contribution in [0.1, 0.15) is 33.6 Å². The van der Waals surface area contributed by atoms with Crippen molar-refractivity contribution in [3.05, 3.63) is 0 Å². The molecule has 0 aliphatic carbocycles. The van der Waals surface area contributed by atoms with Gasteiger partial charge in [-0.05, 0) is 37.7 Å². The number of carbonyl (C=O) groups is 3. The molecular weight excluding hydrogens is 334 g/mol. The van der Waals surface area contributed by atoms with Crippen molar-refractivity contribution in [2.24, 2.45) is 11.7 Å². The van der Waals surface area contributed by atoms with Crippen LogP contribution < -0.4 is 16.4 Å². The number of carboxylic acids is 1. The molecule has 0 bridgehead atoms. The lowest BCUT2D eigenvalue weighted by molar-refractivity contribution is -0.143. The van der Waals surface area contributed by atoms with Crippen molar-refractivity contribution in [3.8, 4) is 0 Å². The zero-order valence-electron chi connectivity index (χ0n) is 14.6. The van der Waals surface area contributed by atoms with Crippen LogP contribution in [-0.4, -0.2) is 64.2 Å². The van der Waals surface area contributed by atoms with Gasteiger partial charge in [-0.1, -0.05) is 13.8 Å². The van der Waals surface area contributed by atoms with Gasteiger partial charge in [0.1, 0.15) is 12.1 Å². The van der Waals surface area contributed by atoms with Crippen molar-refractivity contribution in [2.45, 2.75) is 57.8 Å². The zero-order valence-corrected chi connectivity index (χ0v) is 15.4. The zero-order chi connectivity index (χ0) is 18.9. The molecule has 0 saturated heterocycles. The quantitative estimate of drug-likeness (QED) is 0.334. The molecule has 6 N–H and O–H groups in total. The molecular formula is C15H29N3O5S. The maximum atomic E-state index is 12.3. The van der Waals surface area contributed by atoms with Gasteiger partial charge in [-0.2, -0.15) is 11.8 Å². The number of carbonyl (C=O) groups excluding carboxylic acids is 2. The SMILES string of the molecule is CSCC[C@H](N)C(=O)N[C@H](C(=O)N[C@@H](CC(C)C)C(=O)O)[C@@H](C)O. The Bertz CT molecular complexity index is 431. The van der Waals surface area contributed by atoms with Gasteiger partial charge in [-0.3, -0.25) is 9.59 Å². The summed E-state index contributed by atoms with van der Waals surface area (Å²) in [5.41, 5.74) is 5.73. The van der Waals surface area contributed by atoms with Crippen molar-refractivity contribution in [2.75, 3.05) is 12.0 Å². The Hall–Kier alpha value is -1.32. The summed E-state index contributed by atoms with van der Waals surface area (Å²) in [5.74, 6) is -1.71. The molecule has 8 nitrogen and oxygen atoms in total. The summed E-state index contributed by atoms with van der Waals surface area (Å²) in [6, 6.07) is -3.13. The molecule has 4 atom stereocenters. The van der Waals surface area contributed by atoms with E-state index in [1.165, 1.54) is 6.92 Å². The third kappa shape index (κ3) is 8.51. The van der Waals surface area contributed by atoms with Gasteiger partial charge < -0.3 is 26.6 Å². The maximum Gasteiger partial charge on any atom is 0.326 e. The lowest BCUT2D eigenvalue weighted by Crippen LogP contribution is -2.58. The van der Waals surface area contributed by atoms with Crippen molar-refractivity contribution in [1.82, 2.24) is 10.6 Å². The van der Waals surface area contributed by atoms with E-state index in [2.05, 4.69) is 10.6 Å². The van der Waals surface area contributed by atoms with Crippen molar-refractivity contribution in [1.29, 1.82) is 0 Å². The van der Waals surface area contributed by atoms with E-state index in [4.69, 9.17) is 5.73 Å². The average Bonchev–Trinajstić information content (AvgIpc) is 2.47. The Labute approximate surface area is 146 Å². The summed E-state index contributed by atoms with van der Waals surface area (Å²) in [6.45, 7) is 5.01. The first-order chi connectivity index (χ1) is 11.1. The van der Waals surface area contributed by atoms with Crippen molar-refractivity contribution < 1.29 is 24.6 Å². The Morgan fingerprint density at radius 1 is 1.12 bits per heavy atom. The molecule has 0 aromatic rings. The highest BCUT2D eigenvalue weighted by Crippen LogP contribution is 2.06. The third-order valence-corrected chi connectivity index (χ3v) is 4.00. The Morgan fingerprint density at radius 3 is 2.12 bits per heavy atom. The minimum absolute atomic E-state index is 0.0611. The first-order valence-electron chi connectivity index (χ1n) is 7.86. The van der Waals surface area contributed by atoms with Gasteiger partial charge in [0.2, 0.25) is 11.8 Å². The molecule has 24 heavy (non-hydrogen) atoms. The topological polar surface area (TPSA) is 142 Å². The molecule has 0 spiro atoms. The summed E-state index contributed by atoms with van der Waals surface area (Å²) in [6.07, 6.45) is 1.38. The second-order valence-electron chi connectivity index (χ2n) is 6.14. The maximum absolute atomic E-state index is 12.3. The molecule has 0 aliphatic rings. The summed E-state index contributed by atoms with van der Waals surface area (Å²) in [5, 5.41) is 23.7. The average molecular weight is 363 g/mol. The van der Waals surface area contributed by atoms with Crippen LogP contribution in [-0.2, 0) is 14.4 Å². The number of amides is 2. The molecule has 0 unspecified atom stereocenters. The molecule has 9 heteroatoms. The van der Waals surface area contributed by atoms with Crippen molar-refractivity contribution in [3.63, 3.8) is 0 Å². The summed E-state index contributed by atoms with van der Waals surface area (Å²) >= 11 is 1.54. The normalized spacial score (nSPS) is 16.1. The first kappa shape index (κ1) is 22.7. The molecule has 0 aromatic heterocycles. The molecule has 0 heterocycles. The molecule has 0 fully saturated rings. The smallest absolute Gasteiger partial charge is 0.326 e. The van der Waals surface area contributed by atoms with E-state index in [1.807, 2.05) is 20.1 Å². The fourth-order valence-corrected chi connectivity index (χ4v) is 2.49. The molecule has 140 valence electrons. The number of aliphatic carboxylic acids is 1. The van der Waals surface area contributed by atoms with Gasteiger partial charge in [0.25, 0.3) is 0 Å². The Kier molecular flexibility index (Phi) is 10.7. The summed E-state index contributed by atoms with van der Waals surface area (Å²) < 4.78 is 0.